The van der Waals surface area contributed by atoms with Gasteiger partial charge in [0.1, 0.15) is 12.9 Å². The van der Waals surface area contributed by atoms with E-state index in [2.05, 4.69) is 4.90 Å². The normalized spacial score (nSPS) is 15.4. The van der Waals surface area contributed by atoms with Gasteiger partial charge in [0.15, 0.2) is 5.75 Å². The Hall–Kier alpha value is -1.95. The average molecular weight is 264 g/mol. The summed E-state index contributed by atoms with van der Waals surface area (Å²) in [6.45, 7) is 3.32. The van der Waals surface area contributed by atoms with Gasteiger partial charge in [-0.25, -0.2) is 0 Å². The lowest BCUT2D eigenvalue weighted by Crippen LogP contribution is -2.25. The predicted molar refractivity (Wildman–Crippen MR) is 69.7 cm³/mol. The molecule has 0 bridgehead atoms. The molecule has 0 radical (unpaired) electrons. The number of benzene rings is 1. The summed E-state index contributed by atoms with van der Waals surface area (Å²) in [6, 6.07) is 4.23. The third-order valence-corrected chi connectivity index (χ3v) is 3.18. The molecular weight excluding hydrogens is 248 g/mol. The number of carbonyl (C=O) groups is 1. The molecule has 1 saturated heterocycles. The molecule has 2 rings (SSSR count). The van der Waals surface area contributed by atoms with Crippen LogP contribution in [0.25, 0.3) is 0 Å². The summed E-state index contributed by atoms with van der Waals surface area (Å²) in [7, 11) is 0. The molecule has 0 atom stereocenters. The highest BCUT2D eigenvalue weighted by atomic mass is 16.6. The summed E-state index contributed by atoms with van der Waals surface area (Å²) in [6.07, 6.45) is 2.99. The zero-order valence-electron chi connectivity index (χ0n) is 10.6. The van der Waals surface area contributed by atoms with E-state index >= 15 is 0 Å². The van der Waals surface area contributed by atoms with Crippen LogP contribution in [0, 0.1) is 10.1 Å². The van der Waals surface area contributed by atoms with E-state index in [0.29, 0.717) is 12.9 Å². The molecule has 6 heteroatoms. The topological polar surface area (TPSA) is 72.7 Å². The van der Waals surface area contributed by atoms with Crippen molar-refractivity contribution in [2.75, 3.05) is 26.2 Å². The Bertz CT molecular complexity index is 470. The Morgan fingerprint density at radius 2 is 2.11 bits per heavy atom. The van der Waals surface area contributed by atoms with E-state index in [9.17, 15) is 14.9 Å². The monoisotopic (exact) mass is 264 g/mol. The minimum absolute atomic E-state index is 0.161. The van der Waals surface area contributed by atoms with Crippen molar-refractivity contribution in [3.05, 3.63) is 33.9 Å². The standard InChI is InChI=1S/C13H16N2O4/c16-10-11-3-4-13(12(9-11)15(17)18)19-8-7-14-5-1-2-6-14/h3-4,9-10H,1-2,5-8H2. The summed E-state index contributed by atoms with van der Waals surface area (Å²) >= 11 is 0. The number of likely N-dealkylation sites (tertiary alicyclic amines) is 1. The molecule has 0 saturated carbocycles. The van der Waals surface area contributed by atoms with Crippen molar-refractivity contribution in [3.8, 4) is 5.75 Å². The van der Waals surface area contributed by atoms with Gasteiger partial charge in [-0.1, -0.05) is 0 Å². The van der Waals surface area contributed by atoms with Crippen molar-refractivity contribution in [1.29, 1.82) is 0 Å². The first kappa shape index (κ1) is 13.5. The number of nitro groups is 1. The van der Waals surface area contributed by atoms with Crippen molar-refractivity contribution in [2.45, 2.75) is 12.8 Å². The molecule has 1 aromatic carbocycles. The number of nitro benzene ring substituents is 1. The van der Waals surface area contributed by atoms with E-state index in [1.165, 1.54) is 31.0 Å². The SMILES string of the molecule is O=Cc1ccc(OCCN2CCCC2)c([N+](=O)[O-])c1. The van der Waals surface area contributed by atoms with Gasteiger partial charge in [-0.3, -0.25) is 19.8 Å². The molecule has 1 fully saturated rings. The van der Waals surface area contributed by atoms with Crippen LogP contribution in [-0.2, 0) is 0 Å². The fourth-order valence-corrected chi connectivity index (χ4v) is 2.16. The number of hydrogen-bond acceptors (Lipinski definition) is 5. The number of rotatable bonds is 6. The van der Waals surface area contributed by atoms with Gasteiger partial charge in [0.2, 0.25) is 0 Å². The molecule has 102 valence electrons. The van der Waals surface area contributed by atoms with Crippen LogP contribution in [0.3, 0.4) is 0 Å². The van der Waals surface area contributed by atoms with Crippen molar-refractivity contribution in [2.24, 2.45) is 0 Å². The van der Waals surface area contributed by atoms with Crippen molar-refractivity contribution >= 4 is 12.0 Å². The third-order valence-electron chi connectivity index (χ3n) is 3.18. The molecule has 1 aliphatic heterocycles. The minimum Gasteiger partial charge on any atom is -0.485 e. The molecule has 0 aliphatic carbocycles. The van der Waals surface area contributed by atoms with Crippen LogP contribution in [0.5, 0.6) is 5.75 Å². The van der Waals surface area contributed by atoms with Crippen LogP contribution < -0.4 is 4.74 Å². The van der Waals surface area contributed by atoms with E-state index in [0.717, 1.165) is 19.6 Å². The average Bonchev–Trinajstić information content (AvgIpc) is 2.92. The van der Waals surface area contributed by atoms with Crippen LogP contribution in [-0.4, -0.2) is 42.4 Å². The van der Waals surface area contributed by atoms with E-state index in [4.69, 9.17) is 4.74 Å². The van der Waals surface area contributed by atoms with E-state index < -0.39 is 4.92 Å². The van der Waals surface area contributed by atoms with E-state index in [1.54, 1.807) is 0 Å². The summed E-state index contributed by atoms with van der Waals surface area (Å²) in [4.78, 5) is 23.3. The van der Waals surface area contributed by atoms with Gasteiger partial charge in [0.05, 0.1) is 4.92 Å². The Balaban J connectivity index is 1.98. The zero-order chi connectivity index (χ0) is 13.7. The highest BCUT2D eigenvalue weighted by molar-refractivity contribution is 5.77. The molecule has 0 amide bonds. The van der Waals surface area contributed by atoms with Gasteiger partial charge in [-0.2, -0.15) is 0 Å². The quantitative estimate of drug-likeness (QED) is 0.445. The Morgan fingerprint density at radius 1 is 1.37 bits per heavy atom. The van der Waals surface area contributed by atoms with Crippen molar-refractivity contribution < 1.29 is 14.5 Å². The molecule has 1 aliphatic rings. The molecule has 0 unspecified atom stereocenters. The van der Waals surface area contributed by atoms with Crippen molar-refractivity contribution in [3.63, 3.8) is 0 Å². The summed E-state index contributed by atoms with van der Waals surface area (Å²) in [5, 5.41) is 10.9. The third kappa shape index (κ3) is 3.51. The Labute approximate surface area is 111 Å². The second-order valence-electron chi connectivity index (χ2n) is 4.50. The van der Waals surface area contributed by atoms with Gasteiger partial charge in [0.25, 0.3) is 0 Å². The molecule has 1 aromatic rings. The lowest BCUT2D eigenvalue weighted by Gasteiger charge is -2.14. The minimum atomic E-state index is -0.530. The maximum Gasteiger partial charge on any atom is 0.311 e. The van der Waals surface area contributed by atoms with Gasteiger partial charge in [0, 0.05) is 18.2 Å². The number of nitrogens with zero attached hydrogens (tertiary/aromatic N) is 2. The summed E-state index contributed by atoms with van der Waals surface area (Å²) in [5.41, 5.74) is 0.115. The lowest BCUT2D eigenvalue weighted by molar-refractivity contribution is -0.385. The largest absolute Gasteiger partial charge is 0.485 e. The molecule has 19 heavy (non-hydrogen) atoms. The van der Waals surface area contributed by atoms with Crippen molar-refractivity contribution in [1.82, 2.24) is 4.90 Å². The fourth-order valence-electron chi connectivity index (χ4n) is 2.16. The lowest BCUT2D eigenvalue weighted by atomic mass is 10.2. The van der Waals surface area contributed by atoms with Crippen LogP contribution in [0.15, 0.2) is 18.2 Å². The van der Waals surface area contributed by atoms with Gasteiger partial charge in [-0.05, 0) is 38.1 Å². The first-order valence-corrected chi connectivity index (χ1v) is 6.29. The second-order valence-corrected chi connectivity index (χ2v) is 4.50. The predicted octanol–water partition coefficient (Wildman–Crippen LogP) is 1.88. The van der Waals surface area contributed by atoms with E-state index in [-0.39, 0.29) is 17.0 Å². The highest BCUT2D eigenvalue weighted by Crippen LogP contribution is 2.27. The molecule has 6 nitrogen and oxygen atoms in total. The maximum atomic E-state index is 10.9. The van der Waals surface area contributed by atoms with Crippen LogP contribution in [0.4, 0.5) is 5.69 Å². The van der Waals surface area contributed by atoms with Crippen LogP contribution in [0.2, 0.25) is 0 Å². The Morgan fingerprint density at radius 3 is 2.74 bits per heavy atom. The van der Waals surface area contributed by atoms with E-state index in [1.807, 2.05) is 0 Å². The van der Waals surface area contributed by atoms with Gasteiger partial charge < -0.3 is 4.74 Å². The summed E-state index contributed by atoms with van der Waals surface area (Å²) in [5.74, 6) is 0.217. The first-order chi connectivity index (χ1) is 9.20. The molecule has 1 heterocycles. The zero-order valence-corrected chi connectivity index (χ0v) is 10.6. The van der Waals surface area contributed by atoms with Crippen LogP contribution in [0.1, 0.15) is 23.2 Å². The fraction of sp³-hybridized carbons (Fsp3) is 0.462. The molecule has 0 aromatic heterocycles. The molecule has 0 spiro atoms. The summed E-state index contributed by atoms with van der Waals surface area (Å²) < 4.78 is 5.46. The molecular formula is C13H16N2O4. The van der Waals surface area contributed by atoms with Gasteiger partial charge >= 0.3 is 5.69 Å². The number of ether oxygens (including phenoxy) is 1. The number of aldehydes is 1. The number of hydrogen-bond donors (Lipinski definition) is 0. The first-order valence-electron chi connectivity index (χ1n) is 6.29. The smallest absolute Gasteiger partial charge is 0.311 e. The van der Waals surface area contributed by atoms with Crippen LogP contribution >= 0.6 is 0 Å². The molecule has 0 N–H and O–H groups in total. The Kier molecular flexibility index (Phi) is 4.46. The highest BCUT2D eigenvalue weighted by Gasteiger charge is 2.17. The maximum absolute atomic E-state index is 10.9. The second kappa shape index (κ2) is 6.29. The van der Waals surface area contributed by atoms with Gasteiger partial charge in [-0.15, -0.1) is 0 Å². The number of carbonyl (C=O) groups excluding carboxylic acids is 1.